The smallest absolute Gasteiger partial charge is 0.305 e. The minimum Gasteiger partial charge on any atom is -0.481 e. The molecule has 1 aliphatic heterocycles. The van der Waals surface area contributed by atoms with Crippen LogP contribution in [0.4, 0.5) is 20.4 Å². The topological polar surface area (TPSA) is 138 Å². The fraction of sp³-hybridized carbons (Fsp3) is 0.276. The van der Waals surface area contributed by atoms with Crippen LogP contribution in [0.2, 0.25) is 5.02 Å². The van der Waals surface area contributed by atoms with Gasteiger partial charge in [-0.3, -0.25) is 14.6 Å². The molecule has 2 atom stereocenters. The van der Waals surface area contributed by atoms with Crippen molar-refractivity contribution in [3.05, 3.63) is 77.2 Å². The third-order valence-corrected chi connectivity index (χ3v) is 7.46. The molecule has 2 aromatic carbocycles. The molecule has 13 heteroatoms. The average Bonchev–Trinajstić information content (AvgIpc) is 2.98. The minimum absolute atomic E-state index is 0.238. The Labute approximate surface area is 245 Å². The van der Waals surface area contributed by atoms with Gasteiger partial charge in [0, 0.05) is 72.9 Å². The van der Waals surface area contributed by atoms with Crippen LogP contribution in [-0.4, -0.2) is 69.1 Å². The summed E-state index contributed by atoms with van der Waals surface area (Å²) in [5.74, 6) is -2.01. The molecule has 218 valence electrons. The minimum atomic E-state index is -1.13. The van der Waals surface area contributed by atoms with Crippen LogP contribution < -0.4 is 16.0 Å². The number of aliphatic carboxylic acids is 1. The number of carboxylic acids is 1. The van der Waals surface area contributed by atoms with Gasteiger partial charge in [0.1, 0.15) is 11.6 Å². The summed E-state index contributed by atoms with van der Waals surface area (Å²) < 4.78 is 29.6. The number of fused-ring (bicyclic) bond motifs is 1. The first-order chi connectivity index (χ1) is 20.1. The van der Waals surface area contributed by atoms with Crippen LogP contribution in [0.15, 0.2) is 55.0 Å². The number of pyridine rings is 1. The van der Waals surface area contributed by atoms with E-state index in [1.54, 1.807) is 31.2 Å². The summed E-state index contributed by atoms with van der Waals surface area (Å²) in [5, 5.41) is 13.0. The monoisotopic (exact) mass is 595 g/mol. The number of nitrogens with two attached hydrogens (primary N) is 1. The SMILES string of the molecule is CC(Nc1c(Cl)cnc2cc(F)c(-c3cnc(N4CCN(C(=O)[C@H](N)CC(=O)O)CC4)nc3)cc12)c1ccccc1F. The molecule has 1 unspecified atom stereocenters. The first-order valence-electron chi connectivity index (χ1n) is 13.2. The van der Waals surface area contributed by atoms with Gasteiger partial charge in [0.05, 0.1) is 34.7 Å². The maximum absolute atomic E-state index is 15.2. The molecule has 1 amide bonds. The van der Waals surface area contributed by atoms with Crippen molar-refractivity contribution in [2.24, 2.45) is 5.73 Å². The Morgan fingerprint density at radius 3 is 2.40 bits per heavy atom. The number of piperazine rings is 1. The van der Waals surface area contributed by atoms with Gasteiger partial charge >= 0.3 is 5.97 Å². The van der Waals surface area contributed by atoms with E-state index >= 15 is 4.39 Å². The predicted octanol–water partition coefficient (Wildman–Crippen LogP) is 4.25. The highest BCUT2D eigenvalue weighted by atomic mass is 35.5. The van der Waals surface area contributed by atoms with Crippen molar-refractivity contribution < 1.29 is 23.5 Å². The number of amides is 1. The zero-order valence-corrected chi connectivity index (χ0v) is 23.4. The van der Waals surface area contributed by atoms with E-state index in [0.29, 0.717) is 64.9 Å². The molecule has 3 heterocycles. The summed E-state index contributed by atoms with van der Waals surface area (Å²) in [7, 11) is 0. The number of aromatic nitrogens is 3. The highest BCUT2D eigenvalue weighted by molar-refractivity contribution is 6.34. The molecular formula is C29H28ClF2N7O3. The summed E-state index contributed by atoms with van der Waals surface area (Å²) in [6.07, 6.45) is 4.02. The first-order valence-corrected chi connectivity index (χ1v) is 13.6. The van der Waals surface area contributed by atoms with E-state index in [1.807, 2.05) is 4.90 Å². The second kappa shape index (κ2) is 12.2. The Hall–Kier alpha value is -4.42. The molecule has 10 nitrogen and oxygen atoms in total. The number of halogens is 3. The van der Waals surface area contributed by atoms with Crippen molar-refractivity contribution in [2.75, 3.05) is 36.4 Å². The molecule has 1 saturated heterocycles. The van der Waals surface area contributed by atoms with Crippen LogP contribution in [0, 0.1) is 11.6 Å². The highest BCUT2D eigenvalue weighted by Crippen LogP contribution is 2.36. The number of benzene rings is 2. The summed E-state index contributed by atoms with van der Waals surface area (Å²) >= 11 is 6.49. The Morgan fingerprint density at radius 2 is 1.74 bits per heavy atom. The molecule has 0 spiro atoms. The van der Waals surface area contributed by atoms with Crippen molar-refractivity contribution >= 4 is 46.0 Å². The zero-order valence-electron chi connectivity index (χ0n) is 22.6. The van der Waals surface area contributed by atoms with Crippen molar-refractivity contribution in [3.8, 4) is 11.1 Å². The standard InChI is InChI=1S/C29H28ClF2N7O3/c1-16(18-4-2-3-5-22(18)31)37-27-20-10-19(23(32)11-25(20)34-15-21(27)30)17-13-35-29(36-14-17)39-8-6-38(7-9-39)28(42)24(33)12-26(40)41/h2-5,10-11,13-16,24H,6-9,12,33H2,1H3,(H,34,37)(H,40,41)/t16?,24-/m1/s1. The quantitative estimate of drug-likeness (QED) is 0.273. The maximum Gasteiger partial charge on any atom is 0.305 e. The largest absolute Gasteiger partial charge is 0.481 e. The lowest BCUT2D eigenvalue weighted by Crippen LogP contribution is -2.53. The lowest BCUT2D eigenvalue weighted by atomic mass is 10.0. The van der Waals surface area contributed by atoms with Crippen molar-refractivity contribution in [2.45, 2.75) is 25.4 Å². The molecular weight excluding hydrogens is 568 g/mol. The lowest BCUT2D eigenvalue weighted by Gasteiger charge is -2.35. The number of anilines is 2. The summed E-state index contributed by atoms with van der Waals surface area (Å²) in [4.78, 5) is 39.8. The Kier molecular flexibility index (Phi) is 8.46. The van der Waals surface area contributed by atoms with Crippen molar-refractivity contribution in [1.29, 1.82) is 0 Å². The number of carboxylic acid groups (broad SMARTS) is 1. The van der Waals surface area contributed by atoms with E-state index in [1.165, 1.54) is 35.6 Å². The normalized spacial score (nSPS) is 15.0. The second-order valence-corrected chi connectivity index (χ2v) is 10.4. The summed E-state index contributed by atoms with van der Waals surface area (Å²) in [6, 6.07) is 7.82. The van der Waals surface area contributed by atoms with Gasteiger partial charge in [-0.05, 0) is 19.1 Å². The van der Waals surface area contributed by atoms with Crippen LogP contribution in [0.5, 0.6) is 0 Å². The van der Waals surface area contributed by atoms with Crippen LogP contribution >= 0.6 is 11.6 Å². The van der Waals surface area contributed by atoms with Gasteiger partial charge in [0.2, 0.25) is 11.9 Å². The molecule has 4 aromatic rings. The lowest BCUT2D eigenvalue weighted by molar-refractivity contribution is -0.142. The van der Waals surface area contributed by atoms with E-state index in [-0.39, 0.29) is 11.4 Å². The number of carbonyl (C=O) groups excluding carboxylic acids is 1. The molecule has 0 radical (unpaired) electrons. The van der Waals surface area contributed by atoms with Gasteiger partial charge in [-0.2, -0.15) is 0 Å². The molecule has 0 bridgehead atoms. The van der Waals surface area contributed by atoms with Gasteiger partial charge in [-0.25, -0.2) is 18.7 Å². The van der Waals surface area contributed by atoms with Crippen LogP contribution in [0.25, 0.3) is 22.0 Å². The average molecular weight is 596 g/mol. The third-order valence-electron chi connectivity index (χ3n) is 7.18. The number of nitrogens with one attached hydrogen (secondary N) is 1. The molecule has 42 heavy (non-hydrogen) atoms. The van der Waals surface area contributed by atoms with E-state index in [0.717, 1.165) is 0 Å². The molecule has 2 aromatic heterocycles. The highest BCUT2D eigenvalue weighted by Gasteiger charge is 2.27. The van der Waals surface area contributed by atoms with E-state index in [2.05, 4.69) is 20.3 Å². The molecule has 4 N–H and O–H groups in total. The zero-order chi connectivity index (χ0) is 30.0. The molecule has 1 aliphatic rings. The Morgan fingerprint density at radius 1 is 1.05 bits per heavy atom. The van der Waals surface area contributed by atoms with E-state index in [4.69, 9.17) is 22.4 Å². The van der Waals surface area contributed by atoms with Crippen molar-refractivity contribution in [1.82, 2.24) is 19.9 Å². The van der Waals surface area contributed by atoms with Gasteiger partial charge in [0.15, 0.2) is 0 Å². The van der Waals surface area contributed by atoms with Crippen molar-refractivity contribution in [3.63, 3.8) is 0 Å². The molecule has 5 rings (SSSR count). The fourth-order valence-corrected chi connectivity index (χ4v) is 5.14. The Balaban J connectivity index is 1.35. The van der Waals surface area contributed by atoms with Crippen LogP contribution in [0.3, 0.4) is 0 Å². The number of carbonyl (C=O) groups is 2. The first kappa shape index (κ1) is 29.1. The fourth-order valence-electron chi connectivity index (χ4n) is 4.94. The molecule has 1 fully saturated rings. The molecule has 0 saturated carbocycles. The second-order valence-electron chi connectivity index (χ2n) is 10.0. The summed E-state index contributed by atoms with van der Waals surface area (Å²) in [6.45, 7) is 3.33. The van der Waals surface area contributed by atoms with Gasteiger partial charge in [-0.15, -0.1) is 0 Å². The summed E-state index contributed by atoms with van der Waals surface area (Å²) in [5.41, 5.74) is 7.71. The van der Waals surface area contributed by atoms with E-state index in [9.17, 15) is 14.0 Å². The van der Waals surface area contributed by atoms with Gasteiger partial charge < -0.3 is 26.0 Å². The van der Waals surface area contributed by atoms with E-state index < -0.39 is 36.2 Å². The number of nitrogens with zero attached hydrogens (tertiary/aromatic N) is 5. The Bertz CT molecular complexity index is 1630. The predicted molar refractivity (Wildman–Crippen MR) is 155 cm³/mol. The maximum atomic E-state index is 15.2. The number of hydrogen-bond acceptors (Lipinski definition) is 8. The molecule has 0 aliphatic carbocycles. The van der Waals surface area contributed by atoms with Gasteiger partial charge in [0.25, 0.3) is 0 Å². The van der Waals surface area contributed by atoms with Crippen LogP contribution in [0.1, 0.15) is 24.9 Å². The van der Waals surface area contributed by atoms with Crippen LogP contribution in [-0.2, 0) is 9.59 Å². The number of rotatable bonds is 8. The third kappa shape index (κ3) is 6.09. The van der Waals surface area contributed by atoms with Gasteiger partial charge in [-0.1, -0.05) is 29.8 Å². The number of hydrogen-bond donors (Lipinski definition) is 3.